The zero-order chi connectivity index (χ0) is 27.2. The SMILES string of the molecule is CN(C)CCOc1ccc(-c2ccc(C(=O)NCCCCn3cnc4c(N)nc5ccccc5c43)cc2)cc1. The van der Waals surface area contributed by atoms with Crippen LogP contribution in [0.25, 0.3) is 33.1 Å². The molecule has 5 aromatic rings. The number of carbonyl (C=O) groups is 1. The monoisotopic (exact) mass is 522 g/mol. The first kappa shape index (κ1) is 26.2. The van der Waals surface area contributed by atoms with E-state index in [0.29, 0.717) is 24.5 Å². The second-order valence-corrected chi connectivity index (χ2v) is 9.87. The van der Waals surface area contributed by atoms with Crippen LogP contribution in [0.2, 0.25) is 0 Å². The summed E-state index contributed by atoms with van der Waals surface area (Å²) in [4.78, 5) is 23.7. The van der Waals surface area contributed by atoms with Crippen LogP contribution in [-0.4, -0.2) is 59.1 Å². The zero-order valence-corrected chi connectivity index (χ0v) is 22.4. The van der Waals surface area contributed by atoms with E-state index in [4.69, 9.17) is 10.5 Å². The van der Waals surface area contributed by atoms with Crippen LogP contribution in [-0.2, 0) is 6.54 Å². The van der Waals surface area contributed by atoms with Gasteiger partial charge in [0.05, 0.1) is 17.4 Å². The lowest BCUT2D eigenvalue weighted by atomic mass is 10.0. The summed E-state index contributed by atoms with van der Waals surface area (Å²) >= 11 is 0. The molecule has 2 heterocycles. The number of likely N-dealkylation sites (N-methyl/N-ethyl adjacent to an activating group) is 1. The summed E-state index contributed by atoms with van der Waals surface area (Å²) < 4.78 is 7.89. The number of nitrogen functional groups attached to an aromatic ring is 1. The number of amides is 1. The third-order valence-electron chi connectivity index (χ3n) is 6.73. The van der Waals surface area contributed by atoms with E-state index in [1.807, 2.05) is 93.2 Å². The second-order valence-electron chi connectivity index (χ2n) is 9.87. The number of unbranched alkanes of at least 4 members (excludes halogenated alkanes) is 1. The van der Waals surface area contributed by atoms with Crippen molar-refractivity contribution in [3.8, 4) is 16.9 Å². The van der Waals surface area contributed by atoms with Gasteiger partial charge in [-0.15, -0.1) is 0 Å². The molecule has 5 rings (SSSR count). The molecule has 3 N–H and O–H groups in total. The fraction of sp³-hybridized carbons (Fsp3) is 0.258. The van der Waals surface area contributed by atoms with Crippen molar-refractivity contribution in [2.75, 3.05) is 39.5 Å². The Morgan fingerprint density at radius 2 is 1.69 bits per heavy atom. The molecular formula is C31H34N6O2. The molecule has 8 nitrogen and oxygen atoms in total. The van der Waals surface area contributed by atoms with Crippen molar-refractivity contribution in [2.24, 2.45) is 0 Å². The Hall–Kier alpha value is -4.43. The molecule has 1 amide bonds. The van der Waals surface area contributed by atoms with Gasteiger partial charge in [0.2, 0.25) is 0 Å². The summed E-state index contributed by atoms with van der Waals surface area (Å²) in [6.45, 7) is 2.92. The fourth-order valence-electron chi connectivity index (χ4n) is 4.59. The molecule has 0 spiro atoms. The third kappa shape index (κ3) is 6.18. The molecule has 0 bridgehead atoms. The fourth-order valence-corrected chi connectivity index (χ4v) is 4.59. The Bertz CT molecular complexity index is 1560. The van der Waals surface area contributed by atoms with Gasteiger partial charge in [0.25, 0.3) is 5.91 Å². The van der Waals surface area contributed by atoms with E-state index in [1.165, 1.54) is 0 Å². The Morgan fingerprint density at radius 3 is 2.44 bits per heavy atom. The minimum atomic E-state index is -0.0656. The van der Waals surface area contributed by atoms with Gasteiger partial charge in [-0.1, -0.05) is 42.5 Å². The number of fused-ring (bicyclic) bond motifs is 3. The molecule has 0 saturated heterocycles. The maximum atomic E-state index is 12.7. The summed E-state index contributed by atoms with van der Waals surface area (Å²) in [5.74, 6) is 1.24. The number of nitrogens with two attached hydrogens (primary N) is 1. The quantitative estimate of drug-likeness (QED) is 0.237. The van der Waals surface area contributed by atoms with Crippen molar-refractivity contribution in [3.63, 3.8) is 0 Å². The van der Waals surface area contributed by atoms with Crippen molar-refractivity contribution in [3.05, 3.63) is 84.7 Å². The third-order valence-corrected chi connectivity index (χ3v) is 6.73. The van der Waals surface area contributed by atoms with E-state index in [1.54, 1.807) is 0 Å². The second kappa shape index (κ2) is 12.0. The van der Waals surface area contributed by atoms with Crippen molar-refractivity contribution in [1.29, 1.82) is 0 Å². The number of aryl methyl sites for hydroxylation is 1. The normalized spacial score (nSPS) is 11.4. The number of hydrogen-bond acceptors (Lipinski definition) is 6. The van der Waals surface area contributed by atoms with E-state index in [2.05, 4.69) is 24.8 Å². The lowest BCUT2D eigenvalue weighted by molar-refractivity contribution is 0.0953. The van der Waals surface area contributed by atoms with Gasteiger partial charge in [0.15, 0.2) is 5.82 Å². The van der Waals surface area contributed by atoms with Crippen LogP contribution >= 0.6 is 0 Å². The number of ether oxygens (including phenoxy) is 1. The molecule has 0 aliphatic rings. The summed E-state index contributed by atoms with van der Waals surface area (Å²) in [5, 5.41) is 4.08. The number of aromatic nitrogens is 3. The van der Waals surface area contributed by atoms with Gasteiger partial charge in [-0.2, -0.15) is 0 Å². The van der Waals surface area contributed by atoms with E-state index >= 15 is 0 Å². The highest BCUT2D eigenvalue weighted by molar-refractivity contribution is 6.06. The smallest absolute Gasteiger partial charge is 0.251 e. The Morgan fingerprint density at radius 1 is 0.974 bits per heavy atom. The molecule has 39 heavy (non-hydrogen) atoms. The van der Waals surface area contributed by atoms with Crippen LogP contribution in [0.4, 0.5) is 5.82 Å². The molecule has 0 fully saturated rings. The van der Waals surface area contributed by atoms with Gasteiger partial charge >= 0.3 is 0 Å². The molecule has 3 aromatic carbocycles. The molecular weight excluding hydrogens is 488 g/mol. The van der Waals surface area contributed by atoms with Gasteiger partial charge < -0.3 is 25.3 Å². The Balaban J connectivity index is 1.11. The van der Waals surface area contributed by atoms with Crippen molar-refractivity contribution < 1.29 is 9.53 Å². The number of imidazole rings is 1. The van der Waals surface area contributed by atoms with Crippen molar-refractivity contribution >= 4 is 33.7 Å². The van der Waals surface area contributed by atoms with Crippen molar-refractivity contribution in [1.82, 2.24) is 24.8 Å². The van der Waals surface area contributed by atoms with Crippen LogP contribution in [0.15, 0.2) is 79.1 Å². The number of rotatable bonds is 11. The minimum Gasteiger partial charge on any atom is -0.492 e. The van der Waals surface area contributed by atoms with Gasteiger partial charge in [0, 0.05) is 30.6 Å². The first-order valence-corrected chi connectivity index (χ1v) is 13.2. The highest BCUT2D eigenvalue weighted by Crippen LogP contribution is 2.27. The summed E-state index contributed by atoms with van der Waals surface area (Å²) in [7, 11) is 4.05. The summed E-state index contributed by atoms with van der Waals surface area (Å²) in [6.07, 6.45) is 3.57. The summed E-state index contributed by atoms with van der Waals surface area (Å²) in [5.41, 5.74) is 11.5. The maximum absolute atomic E-state index is 12.7. The first-order chi connectivity index (χ1) is 19.0. The summed E-state index contributed by atoms with van der Waals surface area (Å²) in [6, 6.07) is 23.7. The van der Waals surface area contributed by atoms with E-state index in [-0.39, 0.29) is 5.91 Å². The van der Waals surface area contributed by atoms with Crippen LogP contribution in [0.1, 0.15) is 23.2 Å². The average molecular weight is 523 g/mol. The molecule has 8 heteroatoms. The number of para-hydroxylation sites is 1. The van der Waals surface area contributed by atoms with Crippen LogP contribution in [0.5, 0.6) is 5.75 Å². The zero-order valence-electron chi connectivity index (χ0n) is 22.4. The number of pyridine rings is 1. The molecule has 200 valence electrons. The van der Waals surface area contributed by atoms with Crippen LogP contribution in [0.3, 0.4) is 0 Å². The molecule has 0 unspecified atom stereocenters. The maximum Gasteiger partial charge on any atom is 0.251 e. The molecule has 0 aliphatic carbocycles. The highest BCUT2D eigenvalue weighted by Gasteiger charge is 2.12. The van der Waals surface area contributed by atoms with Gasteiger partial charge in [-0.05, 0) is 68.4 Å². The topological polar surface area (TPSA) is 98.3 Å². The van der Waals surface area contributed by atoms with Crippen LogP contribution in [0, 0.1) is 0 Å². The molecule has 0 atom stereocenters. The predicted octanol–water partition coefficient (Wildman–Crippen LogP) is 4.98. The standard InChI is InChI=1S/C31H34N6O2/c1-36(2)19-20-39-25-15-13-23(14-16-25)22-9-11-24(12-10-22)31(38)33-17-5-6-18-37-21-34-28-29(37)26-7-3-4-8-27(26)35-30(28)32/h3-4,7-16,21H,5-6,17-20H2,1-2H3,(H2,32,35)(H,33,38). The largest absolute Gasteiger partial charge is 0.492 e. The Kier molecular flexibility index (Phi) is 8.03. The van der Waals surface area contributed by atoms with Gasteiger partial charge in [-0.25, -0.2) is 9.97 Å². The molecule has 0 aliphatic heterocycles. The van der Waals surface area contributed by atoms with E-state index < -0.39 is 0 Å². The molecule has 0 radical (unpaired) electrons. The predicted molar refractivity (Wildman–Crippen MR) is 157 cm³/mol. The Labute approximate surface area is 228 Å². The number of hydrogen-bond donors (Lipinski definition) is 2. The van der Waals surface area contributed by atoms with Crippen LogP contribution < -0.4 is 15.8 Å². The highest BCUT2D eigenvalue weighted by atomic mass is 16.5. The molecule has 0 saturated carbocycles. The van der Waals surface area contributed by atoms with Gasteiger partial charge in [-0.3, -0.25) is 4.79 Å². The van der Waals surface area contributed by atoms with E-state index in [0.717, 1.165) is 64.7 Å². The van der Waals surface area contributed by atoms with Gasteiger partial charge in [0.1, 0.15) is 17.9 Å². The molecule has 2 aromatic heterocycles. The number of anilines is 1. The lowest BCUT2D eigenvalue weighted by Crippen LogP contribution is -2.24. The minimum absolute atomic E-state index is 0.0656. The first-order valence-electron chi connectivity index (χ1n) is 13.2. The van der Waals surface area contributed by atoms with Crippen molar-refractivity contribution in [2.45, 2.75) is 19.4 Å². The number of nitrogens with zero attached hydrogens (tertiary/aromatic N) is 4. The van der Waals surface area contributed by atoms with E-state index in [9.17, 15) is 4.79 Å². The number of nitrogens with one attached hydrogen (secondary N) is 1. The average Bonchev–Trinajstić information content (AvgIpc) is 3.38. The number of carbonyl (C=O) groups excluding carboxylic acids is 1. The lowest BCUT2D eigenvalue weighted by Gasteiger charge is -2.11. The number of benzene rings is 3.